The highest BCUT2D eigenvalue weighted by Gasteiger charge is 2.13. The molecular formula is C20H25NO3. The van der Waals surface area contributed by atoms with Gasteiger partial charge in [-0.15, -0.1) is 0 Å². The number of nitrogens with one attached hydrogen (secondary N) is 1. The molecule has 2 aromatic rings. The lowest BCUT2D eigenvalue weighted by Crippen LogP contribution is -2.29. The lowest BCUT2D eigenvalue weighted by molar-refractivity contribution is -0.123. The molecule has 2 aromatic carbocycles. The van der Waals surface area contributed by atoms with Gasteiger partial charge in [0.15, 0.2) is 0 Å². The van der Waals surface area contributed by atoms with Gasteiger partial charge < -0.3 is 15.2 Å². The molecule has 4 nitrogen and oxygen atoms in total. The van der Waals surface area contributed by atoms with E-state index in [1.165, 1.54) is 0 Å². The summed E-state index contributed by atoms with van der Waals surface area (Å²) < 4.78 is 5.73. The summed E-state index contributed by atoms with van der Waals surface area (Å²) in [5.74, 6) is 0.773. The van der Waals surface area contributed by atoms with Gasteiger partial charge in [-0.25, -0.2) is 0 Å². The van der Waals surface area contributed by atoms with Crippen molar-refractivity contribution in [1.82, 2.24) is 5.32 Å². The van der Waals surface area contributed by atoms with Crippen molar-refractivity contribution >= 4 is 5.91 Å². The smallest absolute Gasteiger partial charge is 0.222 e. The first-order valence-electron chi connectivity index (χ1n) is 8.25. The Balaban J connectivity index is 1.83. The second-order valence-corrected chi connectivity index (χ2v) is 6.21. The Hall–Kier alpha value is -2.33. The summed E-state index contributed by atoms with van der Waals surface area (Å²) in [6, 6.07) is 17.6. The largest absolute Gasteiger partial charge is 0.489 e. The van der Waals surface area contributed by atoms with Gasteiger partial charge in [0.2, 0.25) is 5.91 Å². The van der Waals surface area contributed by atoms with Crippen LogP contribution in [0.15, 0.2) is 54.6 Å². The molecule has 2 rings (SSSR count). The average molecular weight is 327 g/mol. The number of ether oxygens (including phenoxy) is 1. The minimum absolute atomic E-state index is 0.0780. The Morgan fingerprint density at radius 1 is 1.08 bits per heavy atom. The molecule has 0 saturated heterocycles. The zero-order chi connectivity index (χ0) is 17.4. The molecule has 0 saturated carbocycles. The van der Waals surface area contributed by atoms with Crippen LogP contribution in [0.5, 0.6) is 5.75 Å². The van der Waals surface area contributed by atoms with Gasteiger partial charge >= 0.3 is 0 Å². The fourth-order valence-corrected chi connectivity index (χ4v) is 2.21. The van der Waals surface area contributed by atoms with Gasteiger partial charge in [0.1, 0.15) is 12.4 Å². The monoisotopic (exact) mass is 327 g/mol. The minimum Gasteiger partial charge on any atom is -0.489 e. The lowest BCUT2D eigenvalue weighted by Gasteiger charge is -2.14. The Morgan fingerprint density at radius 2 is 1.79 bits per heavy atom. The molecule has 0 aliphatic rings. The maximum atomic E-state index is 11.8. The number of para-hydroxylation sites is 1. The minimum atomic E-state index is -0.601. The van der Waals surface area contributed by atoms with Crippen LogP contribution in [-0.2, 0) is 17.9 Å². The van der Waals surface area contributed by atoms with Gasteiger partial charge in [0.25, 0.3) is 0 Å². The number of carbonyl (C=O) groups excluding carboxylic acids is 1. The van der Waals surface area contributed by atoms with Gasteiger partial charge in [-0.1, -0.05) is 56.3 Å². The summed E-state index contributed by atoms with van der Waals surface area (Å²) in [6.45, 7) is 4.73. The van der Waals surface area contributed by atoms with Gasteiger partial charge in [0.05, 0.1) is 12.5 Å². The number of aliphatic hydroxyl groups excluding tert-OH is 1. The number of hydrogen-bond donors (Lipinski definition) is 2. The van der Waals surface area contributed by atoms with E-state index in [1.54, 1.807) is 0 Å². The van der Waals surface area contributed by atoms with Gasteiger partial charge in [0, 0.05) is 6.54 Å². The Bertz CT molecular complexity index is 640. The van der Waals surface area contributed by atoms with Crippen LogP contribution < -0.4 is 10.1 Å². The van der Waals surface area contributed by atoms with E-state index in [0.717, 1.165) is 16.9 Å². The van der Waals surface area contributed by atoms with E-state index in [-0.39, 0.29) is 18.2 Å². The SMILES string of the molecule is CC(C)C(O)CC(=O)NCc1cccc(COc2ccccc2)c1. The van der Waals surface area contributed by atoms with Gasteiger partial charge in [-0.2, -0.15) is 0 Å². The number of rotatable bonds is 8. The number of amides is 1. The van der Waals surface area contributed by atoms with Crippen molar-refractivity contribution in [2.45, 2.75) is 39.5 Å². The molecule has 128 valence electrons. The second-order valence-electron chi connectivity index (χ2n) is 6.21. The third-order valence-corrected chi connectivity index (χ3v) is 3.79. The van der Waals surface area contributed by atoms with Crippen LogP contribution in [0.25, 0.3) is 0 Å². The average Bonchev–Trinajstić information content (AvgIpc) is 2.59. The van der Waals surface area contributed by atoms with E-state index >= 15 is 0 Å². The van der Waals surface area contributed by atoms with Crippen molar-refractivity contribution < 1.29 is 14.6 Å². The molecule has 0 aliphatic carbocycles. The first-order chi connectivity index (χ1) is 11.5. The highest BCUT2D eigenvalue weighted by Crippen LogP contribution is 2.13. The van der Waals surface area contributed by atoms with Crippen molar-refractivity contribution in [3.8, 4) is 5.75 Å². The molecule has 1 amide bonds. The number of benzene rings is 2. The molecule has 0 bridgehead atoms. The zero-order valence-electron chi connectivity index (χ0n) is 14.2. The molecule has 0 aliphatic heterocycles. The Kier molecular flexibility index (Phi) is 6.82. The van der Waals surface area contributed by atoms with Crippen molar-refractivity contribution in [3.63, 3.8) is 0 Å². The molecule has 2 N–H and O–H groups in total. The van der Waals surface area contributed by atoms with Crippen molar-refractivity contribution in [2.24, 2.45) is 5.92 Å². The van der Waals surface area contributed by atoms with Crippen LogP contribution in [0.3, 0.4) is 0 Å². The van der Waals surface area contributed by atoms with Crippen molar-refractivity contribution in [3.05, 3.63) is 65.7 Å². The summed E-state index contributed by atoms with van der Waals surface area (Å²) in [5.41, 5.74) is 2.06. The van der Waals surface area contributed by atoms with Gasteiger partial charge in [-0.3, -0.25) is 4.79 Å². The van der Waals surface area contributed by atoms with Crippen LogP contribution in [0.2, 0.25) is 0 Å². The highest BCUT2D eigenvalue weighted by molar-refractivity contribution is 5.76. The summed E-state index contributed by atoms with van der Waals surface area (Å²) >= 11 is 0. The molecule has 0 radical (unpaired) electrons. The van der Waals surface area contributed by atoms with Crippen molar-refractivity contribution in [2.75, 3.05) is 0 Å². The number of hydrogen-bond acceptors (Lipinski definition) is 3. The van der Waals surface area contributed by atoms with E-state index in [1.807, 2.05) is 68.4 Å². The van der Waals surface area contributed by atoms with E-state index in [0.29, 0.717) is 13.2 Å². The molecule has 4 heteroatoms. The molecule has 1 atom stereocenters. The van der Waals surface area contributed by atoms with Crippen LogP contribution in [0, 0.1) is 5.92 Å². The van der Waals surface area contributed by atoms with Gasteiger partial charge in [-0.05, 0) is 29.2 Å². The zero-order valence-corrected chi connectivity index (χ0v) is 14.2. The summed E-state index contributed by atoms with van der Waals surface area (Å²) in [7, 11) is 0. The first kappa shape index (κ1) is 18.0. The van der Waals surface area contributed by atoms with Crippen LogP contribution in [0.4, 0.5) is 0 Å². The molecule has 0 spiro atoms. The first-order valence-corrected chi connectivity index (χ1v) is 8.25. The highest BCUT2D eigenvalue weighted by atomic mass is 16.5. The maximum absolute atomic E-state index is 11.8. The predicted molar refractivity (Wildman–Crippen MR) is 94.5 cm³/mol. The van der Waals surface area contributed by atoms with E-state index in [4.69, 9.17) is 4.74 Å². The van der Waals surface area contributed by atoms with E-state index in [9.17, 15) is 9.90 Å². The maximum Gasteiger partial charge on any atom is 0.222 e. The summed E-state index contributed by atoms with van der Waals surface area (Å²) in [5, 5.41) is 12.6. The van der Waals surface area contributed by atoms with Crippen LogP contribution in [-0.4, -0.2) is 17.1 Å². The topological polar surface area (TPSA) is 58.6 Å². The third kappa shape index (κ3) is 6.05. The normalized spacial score (nSPS) is 12.0. The number of aliphatic hydroxyl groups is 1. The molecule has 0 heterocycles. The molecule has 0 aromatic heterocycles. The van der Waals surface area contributed by atoms with E-state index < -0.39 is 6.10 Å². The second kappa shape index (κ2) is 9.08. The van der Waals surface area contributed by atoms with E-state index in [2.05, 4.69) is 5.32 Å². The summed E-state index contributed by atoms with van der Waals surface area (Å²) in [6.07, 6.45) is -0.468. The fraction of sp³-hybridized carbons (Fsp3) is 0.350. The molecule has 1 unspecified atom stereocenters. The van der Waals surface area contributed by atoms with Crippen LogP contribution in [0.1, 0.15) is 31.4 Å². The predicted octanol–water partition coefficient (Wildman–Crippen LogP) is 3.29. The third-order valence-electron chi connectivity index (χ3n) is 3.79. The Labute approximate surface area is 143 Å². The summed E-state index contributed by atoms with van der Waals surface area (Å²) in [4.78, 5) is 11.8. The quantitative estimate of drug-likeness (QED) is 0.782. The van der Waals surface area contributed by atoms with Crippen LogP contribution >= 0.6 is 0 Å². The number of carbonyl (C=O) groups is 1. The Morgan fingerprint density at radius 3 is 2.50 bits per heavy atom. The molecule has 0 fully saturated rings. The van der Waals surface area contributed by atoms with Crippen molar-refractivity contribution in [1.29, 1.82) is 0 Å². The standard InChI is InChI=1S/C20H25NO3/c1-15(2)19(22)12-20(23)21-13-16-7-6-8-17(11-16)14-24-18-9-4-3-5-10-18/h3-11,15,19,22H,12-14H2,1-2H3,(H,21,23). The fourth-order valence-electron chi connectivity index (χ4n) is 2.21. The lowest BCUT2D eigenvalue weighted by atomic mass is 10.0. The molecular weight excluding hydrogens is 302 g/mol. The molecule has 24 heavy (non-hydrogen) atoms.